The summed E-state index contributed by atoms with van der Waals surface area (Å²) in [5.41, 5.74) is 4.57. The molecule has 0 unspecified atom stereocenters. The minimum atomic E-state index is 0.0840. The molecule has 0 saturated carbocycles. The van der Waals surface area contributed by atoms with Crippen molar-refractivity contribution in [1.82, 2.24) is 14.9 Å². The first-order valence-electron chi connectivity index (χ1n) is 10.9. The molecule has 1 saturated heterocycles. The van der Waals surface area contributed by atoms with Crippen LogP contribution >= 0.6 is 0 Å². The number of rotatable bonds is 4. The Morgan fingerprint density at radius 3 is 1.78 bits per heavy atom. The second kappa shape index (κ2) is 9.02. The maximum absolute atomic E-state index is 12.8. The van der Waals surface area contributed by atoms with Gasteiger partial charge in [0.25, 0.3) is 5.91 Å². The van der Waals surface area contributed by atoms with Crippen LogP contribution in [0.4, 0.5) is 5.82 Å². The summed E-state index contributed by atoms with van der Waals surface area (Å²) in [6, 6.07) is 29.8. The van der Waals surface area contributed by atoms with Crippen molar-refractivity contribution in [1.29, 1.82) is 0 Å². The molecule has 5 heteroatoms. The molecule has 1 aliphatic rings. The van der Waals surface area contributed by atoms with Crippen LogP contribution in [-0.4, -0.2) is 47.0 Å². The van der Waals surface area contributed by atoms with Crippen molar-refractivity contribution >= 4 is 11.7 Å². The van der Waals surface area contributed by atoms with E-state index in [0.717, 1.165) is 47.0 Å². The fraction of sp³-hybridized carbons (Fsp3) is 0.148. The van der Waals surface area contributed by atoms with Gasteiger partial charge in [0, 0.05) is 42.9 Å². The topological polar surface area (TPSA) is 49.3 Å². The molecule has 0 bridgehead atoms. The molecule has 4 aromatic rings. The third-order valence-corrected chi connectivity index (χ3v) is 5.77. The van der Waals surface area contributed by atoms with E-state index < -0.39 is 0 Å². The zero-order valence-electron chi connectivity index (χ0n) is 17.8. The molecule has 1 amide bonds. The van der Waals surface area contributed by atoms with E-state index in [1.54, 1.807) is 0 Å². The molecule has 32 heavy (non-hydrogen) atoms. The Kier molecular flexibility index (Phi) is 5.62. The van der Waals surface area contributed by atoms with Crippen LogP contribution in [-0.2, 0) is 0 Å². The summed E-state index contributed by atoms with van der Waals surface area (Å²) in [6.07, 6.45) is 1.85. The second-order valence-electron chi connectivity index (χ2n) is 7.80. The van der Waals surface area contributed by atoms with Gasteiger partial charge in [0.1, 0.15) is 5.82 Å². The van der Waals surface area contributed by atoms with E-state index in [-0.39, 0.29) is 5.91 Å². The van der Waals surface area contributed by atoms with Gasteiger partial charge in [-0.2, -0.15) is 0 Å². The molecule has 2 heterocycles. The first kappa shape index (κ1) is 19.9. The molecule has 5 nitrogen and oxygen atoms in total. The van der Waals surface area contributed by atoms with Gasteiger partial charge in [-0.05, 0) is 12.1 Å². The molecular formula is C27H24N4O. The SMILES string of the molecule is O=C(c1ccccc1)N1CCN(c2cnc(-c3ccccc3)c(-c3ccccc3)n2)CC1. The van der Waals surface area contributed by atoms with Gasteiger partial charge in [0.15, 0.2) is 0 Å². The van der Waals surface area contributed by atoms with E-state index in [9.17, 15) is 4.79 Å². The number of carbonyl (C=O) groups excluding carboxylic acids is 1. The van der Waals surface area contributed by atoms with E-state index >= 15 is 0 Å². The van der Waals surface area contributed by atoms with Crippen LogP contribution in [0.1, 0.15) is 10.4 Å². The molecule has 1 fully saturated rings. The summed E-state index contributed by atoms with van der Waals surface area (Å²) in [7, 11) is 0. The Balaban J connectivity index is 1.40. The molecule has 5 rings (SSSR count). The third kappa shape index (κ3) is 4.10. The van der Waals surface area contributed by atoms with Gasteiger partial charge >= 0.3 is 0 Å². The van der Waals surface area contributed by atoms with Crippen LogP contribution in [0.2, 0.25) is 0 Å². The van der Waals surface area contributed by atoms with Gasteiger partial charge in [-0.1, -0.05) is 78.9 Å². The summed E-state index contributed by atoms with van der Waals surface area (Å²) < 4.78 is 0. The van der Waals surface area contributed by atoms with E-state index in [0.29, 0.717) is 13.1 Å². The summed E-state index contributed by atoms with van der Waals surface area (Å²) >= 11 is 0. The van der Waals surface area contributed by atoms with Crippen LogP contribution in [0.15, 0.2) is 97.2 Å². The van der Waals surface area contributed by atoms with Crippen LogP contribution in [0.3, 0.4) is 0 Å². The monoisotopic (exact) mass is 420 g/mol. The number of hydrogen-bond acceptors (Lipinski definition) is 4. The van der Waals surface area contributed by atoms with E-state index in [2.05, 4.69) is 29.2 Å². The average Bonchev–Trinajstić information content (AvgIpc) is 2.89. The Morgan fingerprint density at radius 1 is 0.656 bits per heavy atom. The fourth-order valence-corrected chi connectivity index (χ4v) is 4.04. The average molecular weight is 421 g/mol. The molecular weight excluding hydrogens is 396 g/mol. The summed E-state index contributed by atoms with van der Waals surface area (Å²) in [5.74, 6) is 0.927. The van der Waals surface area contributed by atoms with Gasteiger partial charge < -0.3 is 9.80 Å². The lowest BCUT2D eigenvalue weighted by Crippen LogP contribution is -2.49. The molecule has 0 N–H and O–H groups in total. The molecule has 0 aliphatic carbocycles. The predicted octanol–water partition coefficient (Wildman–Crippen LogP) is 4.77. The molecule has 0 atom stereocenters. The number of piperazine rings is 1. The van der Waals surface area contributed by atoms with Crippen LogP contribution in [0.25, 0.3) is 22.5 Å². The lowest BCUT2D eigenvalue weighted by molar-refractivity contribution is 0.0746. The molecule has 3 aromatic carbocycles. The zero-order valence-corrected chi connectivity index (χ0v) is 17.8. The number of amides is 1. The lowest BCUT2D eigenvalue weighted by atomic mass is 10.0. The summed E-state index contributed by atoms with van der Waals surface area (Å²) in [6.45, 7) is 2.78. The molecule has 1 aliphatic heterocycles. The molecule has 1 aromatic heterocycles. The quantitative estimate of drug-likeness (QED) is 0.477. The zero-order chi connectivity index (χ0) is 21.8. The largest absolute Gasteiger partial charge is 0.352 e. The highest BCUT2D eigenvalue weighted by molar-refractivity contribution is 5.94. The number of benzene rings is 3. The normalized spacial score (nSPS) is 13.8. The first-order valence-corrected chi connectivity index (χ1v) is 10.9. The van der Waals surface area contributed by atoms with Crippen molar-refractivity contribution in [2.75, 3.05) is 31.1 Å². The predicted molar refractivity (Wildman–Crippen MR) is 127 cm³/mol. The molecule has 158 valence electrons. The van der Waals surface area contributed by atoms with E-state index in [1.165, 1.54) is 0 Å². The third-order valence-electron chi connectivity index (χ3n) is 5.77. The second-order valence-corrected chi connectivity index (χ2v) is 7.80. The van der Waals surface area contributed by atoms with Gasteiger partial charge in [0.2, 0.25) is 0 Å². The Labute approximate surface area is 188 Å². The maximum Gasteiger partial charge on any atom is 0.253 e. The Morgan fingerprint density at radius 2 is 1.19 bits per heavy atom. The van der Waals surface area contributed by atoms with Crippen LogP contribution < -0.4 is 4.90 Å². The minimum absolute atomic E-state index is 0.0840. The van der Waals surface area contributed by atoms with E-state index in [1.807, 2.05) is 77.8 Å². The van der Waals surface area contributed by atoms with Gasteiger partial charge in [-0.3, -0.25) is 9.78 Å². The lowest BCUT2D eigenvalue weighted by Gasteiger charge is -2.35. The molecule has 0 spiro atoms. The summed E-state index contributed by atoms with van der Waals surface area (Å²) in [5, 5.41) is 0. The number of hydrogen-bond donors (Lipinski definition) is 0. The Bertz CT molecular complexity index is 1190. The number of anilines is 1. The van der Waals surface area contributed by atoms with Crippen molar-refractivity contribution < 1.29 is 4.79 Å². The number of aromatic nitrogens is 2. The van der Waals surface area contributed by atoms with Gasteiger partial charge in [-0.15, -0.1) is 0 Å². The van der Waals surface area contributed by atoms with Crippen molar-refractivity contribution in [3.8, 4) is 22.5 Å². The smallest absolute Gasteiger partial charge is 0.253 e. The highest BCUT2D eigenvalue weighted by atomic mass is 16.2. The van der Waals surface area contributed by atoms with Gasteiger partial charge in [-0.25, -0.2) is 4.98 Å². The van der Waals surface area contributed by atoms with Crippen molar-refractivity contribution in [2.24, 2.45) is 0 Å². The van der Waals surface area contributed by atoms with Gasteiger partial charge in [0.05, 0.1) is 17.6 Å². The fourth-order valence-electron chi connectivity index (χ4n) is 4.04. The Hall–Kier alpha value is -3.99. The van der Waals surface area contributed by atoms with Crippen LogP contribution in [0, 0.1) is 0 Å². The summed E-state index contributed by atoms with van der Waals surface area (Å²) in [4.78, 5) is 26.7. The number of nitrogens with zero attached hydrogens (tertiary/aromatic N) is 4. The maximum atomic E-state index is 12.8. The van der Waals surface area contributed by atoms with Crippen molar-refractivity contribution in [2.45, 2.75) is 0 Å². The first-order chi connectivity index (χ1) is 15.8. The highest BCUT2D eigenvalue weighted by Gasteiger charge is 2.24. The van der Waals surface area contributed by atoms with Crippen LogP contribution in [0.5, 0.6) is 0 Å². The van der Waals surface area contributed by atoms with Crippen molar-refractivity contribution in [3.63, 3.8) is 0 Å². The minimum Gasteiger partial charge on any atom is -0.352 e. The molecule has 0 radical (unpaired) electrons. The van der Waals surface area contributed by atoms with Crippen molar-refractivity contribution in [3.05, 3.63) is 103 Å². The highest BCUT2D eigenvalue weighted by Crippen LogP contribution is 2.30. The number of carbonyl (C=O) groups is 1. The standard InChI is InChI=1S/C27H24N4O/c32-27(23-14-8-3-9-15-23)31-18-16-30(17-19-31)24-20-28-25(21-10-4-1-5-11-21)26(29-24)22-12-6-2-7-13-22/h1-15,20H,16-19H2. The van der Waals surface area contributed by atoms with E-state index in [4.69, 9.17) is 9.97 Å².